The second-order valence-electron chi connectivity index (χ2n) is 7.65. The van der Waals surface area contributed by atoms with Crippen molar-refractivity contribution in [3.8, 4) is 0 Å². The highest BCUT2D eigenvalue weighted by Crippen LogP contribution is 2.19. The van der Waals surface area contributed by atoms with E-state index >= 15 is 0 Å². The summed E-state index contributed by atoms with van der Waals surface area (Å²) in [6.07, 6.45) is 1.98. The zero-order chi connectivity index (χ0) is 24.0. The number of aromatic amines is 1. The van der Waals surface area contributed by atoms with Crippen LogP contribution >= 0.6 is 0 Å². The quantitative estimate of drug-likeness (QED) is 0.535. The van der Waals surface area contributed by atoms with Crippen LogP contribution in [0.1, 0.15) is 61.8 Å². The highest BCUT2D eigenvalue weighted by atomic mass is 16.5. The lowest BCUT2D eigenvalue weighted by Crippen LogP contribution is -2.43. The fourth-order valence-corrected chi connectivity index (χ4v) is 3.74. The fraction of sp³-hybridized carbons (Fsp3) is 0.545. The van der Waals surface area contributed by atoms with E-state index in [0.717, 1.165) is 17.8 Å². The first kappa shape index (κ1) is 25.0. The van der Waals surface area contributed by atoms with Gasteiger partial charge in [-0.15, -0.1) is 0 Å². The normalized spacial score (nSPS) is 10.9. The number of nitrogens with zero attached hydrogens (tertiary/aromatic N) is 3. The van der Waals surface area contributed by atoms with E-state index < -0.39 is 29.7 Å². The molecule has 0 radical (unpaired) electrons. The maximum Gasteiger partial charge on any atom is 0.340 e. The molecule has 10 nitrogen and oxygen atoms in total. The van der Waals surface area contributed by atoms with E-state index in [2.05, 4.69) is 4.98 Å². The number of amides is 1. The number of hydrogen-bond donors (Lipinski definition) is 2. The Morgan fingerprint density at radius 1 is 1.12 bits per heavy atom. The molecular weight excluding hydrogens is 414 g/mol. The second-order valence-corrected chi connectivity index (χ2v) is 7.65. The molecule has 0 fully saturated rings. The minimum Gasteiger partial charge on any atom is -0.452 e. The van der Waals surface area contributed by atoms with E-state index in [9.17, 15) is 19.2 Å². The van der Waals surface area contributed by atoms with E-state index in [1.807, 2.05) is 39.2 Å². The number of aromatic nitrogens is 3. The largest absolute Gasteiger partial charge is 0.452 e. The molecule has 1 amide bonds. The molecule has 3 N–H and O–H groups in total. The van der Waals surface area contributed by atoms with Gasteiger partial charge in [0.15, 0.2) is 12.3 Å². The molecule has 0 saturated heterocycles. The van der Waals surface area contributed by atoms with Gasteiger partial charge in [0.25, 0.3) is 11.5 Å². The number of H-pyrrole nitrogens is 1. The Kier molecular flexibility index (Phi) is 8.45. The van der Waals surface area contributed by atoms with E-state index in [4.69, 9.17) is 10.5 Å². The monoisotopic (exact) mass is 447 g/mol. The lowest BCUT2D eigenvalue weighted by molar-refractivity contribution is -0.121. The minimum absolute atomic E-state index is 0.0807. The van der Waals surface area contributed by atoms with Crippen LogP contribution in [0.5, 0.6) is 0 Å². The molecule has 2 rings (SSSR count). The number of nitrogens with one attached hydrogen (secondary N) is 1. The van der Waals surface area contributed by atoms with Crippen LogP contribution in [0.15, 0.2) is 15.7 Å². The van der Waals surface area contributed by atoms with Gasteiger partial charge in [-0.05, 0) is 39.7 Å². The van der Waals surface area contributed by atoms with Crippen LogP contribution in [-0.2, 0) is 22.6 Å². The molecule has 0 aliphatic carbocycles. The van der Waals surface area contributed by atoms with Crippen molar-refractivity contribution in [2.45, 2.75) is 67.0 Å². The van der Waals surface area contributed by atoms with E-state index in [-0.39, 0.29) is 18.1 Å². The molecule has 0 aliphatic rings. The van der Waals surface area contributed by atoms with Gasteiger partial charge in [-0.25, -0.2) is 9.59 Å². The van der Waals surface area contributed by atoms with E-state index in [1.165, 1.54) is 9.47 Å². The van der Waals surface area contributed by atoms with Gasteiger partial charge in [0.1, 0.15) is 5.82 Å². The number of aryl methyl sites for hydroxylation is 1. The third-order valence-electron chi connectivity index (χ3n) is 5.40. The third kappa shape index (κ3) is 5.12. The van der Waals surface area contributed by atoms with Crippen LogP contribution in [0, 0.1) is 13.8 Å². The molecular formula is C22H33N5O5. The number of anilines is 2. The summed E-state index contributed by atoms with van der Waals surface area (Å²) >= 11 is 0. The number of nitrogen functional groups attached to an aromatic ring is 1. The molecule has 32 heavy (non-hydrogen) atoms. The summed E-state index contributed by atoms with van der Waals surface area (Å²) in [5, 5.41) is 0. The van der Waals surface area contributed by atoms with Crippen LogP contribution in [-0.4, -0.2) is 39.1 Å². The first-order valence-corrected chi connectivity index (χ1v) is 10.9. The number of ether oxygens (including phenoxy) is 1. The van der Waals surface area contributed by atoms with Crippen molar-refractivity contribution in [2.24, 2.45) is 0 Å². The molecule has 0 aliphatic heterocycles. The third-order valence-corrected chi connectivity index (χ3v) is 5.40. The van der Waals surface area contributed by atoms with Crippen LogP contribution in [0.2, 0.25) is 0 Å². The number of unbranched alkanes of at least 4 members (excludes halogenated alkanes) is 1. The lowest BCUT2D eigenvalue weighted by atomic mass is 10.2. The molecule has 2 heterocycles. The number of nitrogens with two attached hydrogens (primary N) is 1. The second kappa shape index (κ2) is 10.8. The average molecular weight is 448 g/mol. The minimum atomic E-state index is -0.748. The van der Waals surface area contributed by atoms with Gasteiger partial charge in [-0.1, -0.05) is 20.3 Å². The van der Waals surface area contributed by atoms with Gasteiger partial charge in [-0.2, -0.15) is 0 Å². The Labute approximate surface area is 187 Å². The Morgan fingerprint density at radius 2 is 1.81 bits per heavy atom. The summed E-state index contributed by atoms with van der Waals surface area (Å²) in [6.45, 7) is 10.2. The standard InChI is InChI=1S/C22H33N5O5/c1-6-9-11-26(18-19(23)27(10-7-2)22(31)24-20(18)29)17(28)13-32-21(30)16-12-14(4)25(8-3)15(16)5/h12H,6-11,13,23H2,1-5H3,(H,24,29,31). The molecule has 2 aromatic rings. The summed E-state index contributed by atoms with van der Waals surface area (Å²) in [5.41, 5.74) is 6.72. The van der Waals surface area contributed by atoms with Crippen molar-refractivity contribution in [1.82, 2.24) is 14.1 Å². The van der Waals surface area contributed by atoms with Crippen molar-refractivity contribution < 1.29 is 14.3 Å². The molecule has 0 bridgehead atoms. The molecule has 0 unspecified atom stereocenters. The first-order valence-electron chi connectivity index (χ1n) is 10.9. The maximum absolute atomic E-state index is 13.0. The summed E-state index contributed by atoms with van der Waals surface area (Å²) in [6, 6.07) is 1.73. The SMILES string of the molecule is CCCCN(C(=O)COC(=O)c1cc(C)n(CC)c1C)c1c(N)n(CCC)c(=O)[nH]c1=O. The molecule has 0 aromatic carbocycles. The average Bonchev–Trinajstić information content (AvgIpc) is 3.04. The van der Waals surface area contributed by atoms with Gasteiger partial charge in [0.05, 0.1) is 5.56 Å². The summed E-state index contributed by atoms with van der Waals surface area (Å²) in [5.74, 6) is -1.28. The Bertz CT molecular complexity index is 1100. The van der Waals surface area contributed by atoms with Crippen molar-refractivity contribution in [3.63, 3.8) is 0 Å². The molecule has 0 saturated carbocycles. The lowest BCUT2D eigenvalue weighted by Gasteiger charge is -2.24. The van der Waals surface area contributed by atoms with Crippen LogP contribution in [0.25, 0.3) is 0 Å². The predicted molar refractivity (Wildman–Crippen MR) is 123 cm³/mol. The number of carbonyl (C=O) groups excluding carboxylic acids is 2. The smallest absolute Gasteiger partial charge is 0.340 e. The van der Waals surface area contributed by atoms with Crippen molar-refractivity contribution >= 4 is 23.4 Å². The highest BCUT2D eigenvalue weighted by Gasteiger charge is 2.25. The molecule has 0 spiro atoms. The Balaban J connectivity index is 2.32. The van der Waals surface area contributed by atoms with Gasteiger partial charge in [0.2, 0.25) is 0 Å². The zero-order valence-corrected chi connectivity index (χ0v) is 19.5. The Hall–Kier alpha value is -3.30. The van der Waals surface area contributed by atoms with Gasteiger partial charge in [0, 0.05) is 31.0 Å². The van der Waals surface area contributed by atoms with Crippen molar-refractivity contribution in [1.29, 1.82) is 0 Å². The molecule has 10 heteroatoms. The zero-order valence-electron chi connectivity index (χ0n) is 19.5. The summed E-state index contributed by atoms with van der Waals surface area (Å²) in [4.78, 5) is 53.7. The van der Waals surface area contributed by atoms with Crippen molar-refractivity contribution in [2.75, 3.05) is 23.8 Å². The van der Waals surface area contributed by atoms with Crippen molar-refractivity contribution in [3.05, 3.63) is 43.9 Å². The van der Waals surface area contributed by atoms with Gasteiger partial charge >= 0.3 is 11.7 Å². The van der Waals surface area contributed by atoms with Crippen LogP contribution in [0.4, 0.5) is 11.5 Å². The summed E-state index contributed by atoms with van der Waals surface area (Å²) in [7, 11) is 0. The molecule has 0 atom stereocenters. The van der Waals surface area contributed by atoms with Gasteiger partial charge in [-0.3, -0.25) is 19.1 Å². The first-order chi connectivity index (χ1) is 15.2. The van der Waals surface area contributed by atoms with Crippen LogP contribution in [0.3, 0.4) is 0 Å². The predicted octanol–water partition coefficient (Wildman–Crippen LogP) is 1.96. The molecule has 176 valence electrons. The fourth-order valence-electron chi connectivity index (χ4n) is 3.74. The molecule has 2 aromatic heterocycles. The number of esters is 1. The summed E-state index contributed by atoms with van der Waals surface area (Å²) < 4.78 is 8.49. The van der Waals surface area contributed by atoms with E-state index in [0.29, 0.717) is 31.5 Å². The highest BCUT2D eigenvalue weighted by molar-refractivity contribution is 5.98. The number of carbonyl (C=O) groups is 2. The van der Waals surface area contributed by atoms with E-state index in [1.54, 1.807) is 6.07 Å². The van der Waals surface area contributed by atoms with Gasteiger partial charge < -0.3 is 19.9 Å². The maximum atomic E-state index is 13.0. The Morgan fingerprint density at radius 3 is 2.38 bits per heavy atom. The topological polar surface area (TPSA) is 132 Å². The van der Waals surface area contributed by atoms with Crippen LogP contribution < -0.4 is 21.9 Å². The number of rotatable bonds is 10. The number of hydrogen-bond acceptors (Lipinski definition) is 6.